The molecule has 1 unspecified atom stereocenters. The number of rotatable bonds is 2. The lowest BCUT2D eigenvalue weighted by molar-refractivity contribution is 0.0698. The number of amides is 2. The van der Waals surface area contributed by atoms with Gasteiger partial charge in [-0.05, 0) is 26.1 Å². The lowest BCUT2D eigenvalue weighted by Gasteiger charge is -2.38. The molecule has 108 valence electrons. The molecule has 1 aliphatic rings. The molecule has 2 N–H and O–H groups in total. The van der Waals surface area contributed by atoms with Crippen LogP contribution in [0.2, 0.25) is 0 Å². The normalized spacial score (nSPS) is 19.7. The standard InChI is InChI=1S/C14H19N3O3/c1-10-9-16(2)7-8-17(10)14(20)15-12-6-4-3-5-11(12)13(18)19/h3-6,10H,7-9H2,1-2H3,(H,15,20)(H,18,19). The molecule has 1 aromatic rings. The van der Waals surface area contributed by atoms with Crippen LogP contribution in [-0.2, 0) is 0 Å². The summed E-state index contributed by atoms with van der Waals surface area (Å²) in [4.78, 5) is 27.3. The highest BCUT2D eigenvalue weighted by atomic mass is 16.4. The van der Waals surface area contributed by atoms with Gasteiger partial charge in [-0.2, -0.15) is 0 Å². The maximum atomic E-state index is 12.3. The number of carbonyl (C=O) groups is 2. The zero-order chi connectivity index (χ0) is 14.7. The van der Waals surface area contributed by atoms with E-state index in [4.69, 9.17) is 5.11 Å². The van der Waals surface area contributed by atoms with Crippen LogP contribution in [0.25, 0.3) is 0 Å². The van der Waals surface area contributed by atoms with Crippen molar-refractivity contribution in [2.75, 3.05) is 32.0 Å². The van der Waals surface area contributed by atoms with Crippen LogP contribution < -0.4 is 5.32 Å². The molecule has 2 amide bonds. The summed E-state index contributed by atoms with van der Waals surface area (Å²) in [5.74, 6) is -1.05. The molecule has 0 bridgehead atoms. The maximum absolute atomic E-state index is 12.3. The summed E-state index contributed by atoms with van der Waals surface area (Å²) in [5.41, 5.74) is 0.429. The Morgan fingerprint density at radius 1 is 1.30 bits per heavy atom. The summed E-state index contributed by atoms with van der Waals surface area (Å²) < 4.78 is 0. The van der Waals surface area contributed by atoms with Gasteiger partial charge in [0, 0.05) is 25.7 Å². The van der Waals surface area contributed by atoms with Crippen molar-refractivity contribution in [1.82, 2.24) is 9.80 Å². The average molecular weight is 277 g/mol. The second kappa shape index (κ2) is 5.92. The number of piperazine rings is 1. The third kappa shape index (κ3) is 3.08. The van der Waals surface area contributed by atoms with Crippen LogP contribution in [-0.4, -0.2) is 59.6 Å². The fourth-order valence-electron chi connectivity index (χ4n) is 2.41. The SMILES string of the molecule is CC1CN(C)CCN1C(=O)Nc1ccccc1C(=O)O. The lowest BCUT2D eigenvalue weighted by atomic mass is 10.1. The first kappa shape index (κ1) is 14.3. The van der Waals surface area contributed by atoms with Crippen molar-refractivity contribution in [2.24, 2.45) is 0 Å². The second-order valence-electron chi connectivity index (χ2n) is 5.09. The van der Waals surface area contributed by atoms with Gasteiger partial charge in [-0.3, -0.25) is 0 Å². The molecule has 0 spiro atoms. The number of carbonyl (C=O) groups excluding carboxylic acids is 1. The third-order valence-corrected chi connectivity index (χ3v) is 3.49. The molecular weight excluding hydrogens is 258 g/mol. The zero-order valence-corrected chi connectivity index (χ0v) is 11.7. The highest BCUT2D eigenvalue weighted by Crippen LogP contribution is 2.17. The highest BCUT2D eigenvalue weighted by molar-refractivity contribution is 6.00. The predicted molar refractivity (Wildman–Crippen MR) is 76.1 cm³/mol. The van der Waals surface area contributed by atoms with Gasteiger partial charge in [0.15, 0.2) is 0 Å². The summed E-state index contributed by atoms with van der Waals surface area (Å²) in [6.45, 7) is 4.25. The Morgan fingerprint density at radius 2 is 2.00 bits per heavy atom. The second-order valence-corrected chi connectivity index (χ2v) is 5.09. The lowest BCUT2D eigenvalue weighted by Crippen LogP contribution is -2.54. The first-order chi connectivity index (χ1) is 9.49. The summed E-state index contributed by atoms with van der Waals surface area (Å²) in [5, 5.41) is 11.8. The van der Waals surface area contributed by atoms with Crippen molar-refractivity contribution < 1.29 is 14.7 Å². The molecule has 0 aliphatic carbocycles. The molecule has 0 saturated carbocycles. The van der Waals surface area contributed by atoms with Gasteiger partial charge < -0.3 is 20.2 Å². The van der Waals surface area contributed by atoms with Gasteiger partial charge in [0.2, 0.25) is 0 Å². The van der Waals surface area contributed by atoms with E-state index in [0.29, 0.717) is 12.2 Å². The Labute approximate surface area is 118 Å². The van der Waals surface area contributed by atoms with E-state index in [9.17, 15) is 9.59 Å². The number of para-hydroxylation sites is 1. The summed E-state index contributed by atoms with van der Waals surface area (Å²) >= 11 is 0. The van der Waals surface area contributed by atoms with Gasteiger partial charge in [-0.1, -0.05) is 12.1 Å². The first-order valence-electron chi connectivity index (χ1n) is 6.57. The molecular formula is C14H19N3O3. The van der Waals surface area contributed by atoms with Crippen LogP contribution >= 0.6 is 0 Å². The molecule has 1 atom stereocenters. The molecule has 0 radical (unpaired) electrons. The van der Waals surface area contributed by atoms with Gasteiger partial charge in [0.05, 0.1) is 11.3 Å². The van der Waals surface area contributed by atoms with Gasteiger partial charge in [0.1, 0.15) is 0 Å². The number of likely N-dealkylation sites (N-methyl/N-ethyl adjacent to an activating group) is 1. The molecule has 6 nitrogen and oxygen atoms in total. The monoisotopic (exact) mass is 277 g/mol. The minimum atomic E-state index is -1.05. The smallest absolute Gasteiger partial charge is 0.337 e. The first-order valence-corrected chi connectivity index (χ1v) is 6.57. The van der Waals surface area contributed by atoms with Crippen molar-refractivity contribution in [3.63, 3.8) is 0 Å². The Hall–Kier alpha value is -2.08. The number of nitrogens with one attached hydrogen (secondary N) is 1. The maximum Gasteiger partial charge on any atom is 0.337 e. The number of urea groups is 1. The molecule has 0 aromatic heterocycles. The number of aromatic carboxylic acids is 1. The van der Waals surface area contributed by atoms with E-state index in [1.807, 2.05) is 14.0 Å². The van der Waals surface area contributed by atoms with E-state index in [0.717, 1.165) is 13.1 Å². The Kier molecular flexibility index (Phi) is 4.24. The van der Waals surface area contributed by atoms with Crippen molar-refractivity contribution in [2.45, 2.75) is 13.0 Å². The molecule has 1 aliphatic heterocycles. The third-order valence-electron chi connectivity index (χ3n) is 3.49. The average Bonchev–Trinajstić information content (AvgIpc) is 2.38. The van der Waals surface area contributed by atoms with Gasteiger partial charge >= 0.3 is 12.0 Å². The van der Waals surface area contributed by atoms with Crippen LogP contribution in [0, 0.1) is 0 Å². The van der Waals surface area contributed by atoms with Crippen LogP contribution in [0.4, 0.5) is 10.5 Å². The molecule has 20 heavy (non-hydrogen) atoms. The minimum Gasteiger partial charge on any atom is -0.478 e. The van der Waals surface area contributed by atoms with Gasteiger partial charge in [-0.15, -0.1) is 0 Å². The quantitative estimate of drug-likeness (QED) is 0.860. The van der Waals surface area contributed by atoms with Crippen LogP contribution in [0.1, 0.15) is 17.3 Å². The number of carboxylic acids is 1. The largest absolute Gasteiger partial charge is 0.478 e. The van der Waals surface area contributed by atoms with Crippen molar-refractivity contribution >= 4 is 17.7 Å². The summed E-state index contributed by atoms with van der Waals surface area (Å²) in [6.07, 6.45) is 0. The van der Waals surface area contributed by atoms with Gasteiger partial charge in [-0.25, -0.2) is 9.59 Å². The van der Waals surface area contributed by atoms with E-state index in [2.05, 4.69) is 10.2 Å². The van der Waals surface area contributed by atoms with Crippen molar-refractivity contribution in [1.29, 1.82) is 0 Å². The number of carboxylic acid groups (broad SMARTS) is 1. The van der Waals surface area contributed by atoms with Gasteiger partial charge in [0.25, 0.3) is 0 Å². The zero-order valence-electron chi connectivity index (χ0n) is 11.7. The van der Waals surface area contributed by atoms with Crippen LogP contribution in [0.15, 0.2) is 24.3 Å². The Morgan fingerprint density at radius 3 is 2.65 bits per heavy atom. The highest BCUT2D eigenvalue weighted by Gasteiger charge is 2.26. The van der Waals surface area contributed by atoms with E-state index in [1.54, 1.807) is 23.1 Å². The minimum absolute atomic E-state index is 0.0997. The van der Waals surface area contributed by atoms with E-state index in [-0.39, 0.29) is 17.6 Å². The van der Waals surface area contributed by atoms with E-state index in [1.165, 1.54) is 6.07 Å². The molecule has 1 fully saturated rings. The van der Waals surface area contributed by atoms with Crippen LogP contribution in [0.5, 0.6) is 0 Å². The van der Waals surface area contributed by atoms with E-state index >= 15 is 0 Å². The van der Waals surface area contributed by atoms with E-state index < -0.39 is 5.97 Å². The number of nitrogens with zero attached hydrogens (tertiary/aromatic N) is 2. The molecule has 1 heterocycles. The summed E-state index contributed by atoms with van der Waals surface area (Å²) in [7, 11) is 2.02. The molecule has 1 saturated heterocycles. The van der Waals surface area contributed by atoms with Crippen LogP contribution in [0.3, 0.4) is 0 Å². The fourth-order valence-corrected chi connectivity index (χ4v) is 2.41. The van der Waals surface area contributed by atoms with Crippen molar-refractivity contribution in [3.8, 4) is 0 Å². The molecule has 6 heteroatoms. The Bertz CT molecular complexity index is 518. The molecule has 1 aromatic carbocycles. The number of anilines is 1. The fraction of sp³-hybridized carbons (Fsp3) is 0.429. The van der Waals surface area contributed by atoms with Crippen molar-refractivity contribution in [3.05, 3.63) is 29.8 Å². The summed E-state index contributed by atoms with van der Waals surface area (Å²) in [6, 6.07) is 6.27. The Balaban J connectivity index is 2.10. The topological polar surface area (TPSA) is 72.9 Å². The number of benzene rings is 1. The molecule has 2 rings (SSSR count). The number of hydrogen-bond donors (Lipinski definition) is 2. The number of hydrogen-bond acceptors (Lipinski definition) is 3. The predicted octanol–water partition coefficient (Wildman–Crippen LogP) is 1.55.